The minimum atomic E-state index is 0.169. The fraction of sp³-hybridized carbons (Fsp3) is 0.370. The Morgan fingerprint density at radius 3 is 2.59 bits per heavy atom. The predicted molar refractivity (Wildman–Crippen MR) is 142 cm³/mol. The summed E-state index contributed by atoms with van der Waals surface area (Å²) in [6.07, 6.45) is 2.76. The fourth-order valence-corrected chi connectivity index (χ4v) is 6.61. The standard InChI is InChI=1S/C27H32N2O3S2/c1-28(14-12-21-10-11-24(31-2)25(17-21)32-3)19-26(30)29-13-7-15-33-27-23(29)18-22(34-27)16-20-8-5-4-6-9-20/h4-6,8-11,17-18H,7,12-16,19H2,1-3H3. The molecule has 1 aliphatic rings. The van der Waals surface area contributed by atoms with Crippen molar-refractivity contribution in [2.75, 3.05) is 51.6 Å². The van der Waals surface area contributed by atoms with Crippen molar-refractivity contribution in [2.24, 2.45) is 0 Å². The van der Waals surface area contributed by atoms with Gasteiger partial charge in [-0.2, -0.15) is 0 Å². The molecule has 0 saturated carbocycles. The lowest BCUT2D eigenvalue weighted by Gasteiger charge is -2.24. The minimum absolute atomic E-state index is 0.169. The number of fused-ring (bicyclic) bond motifs is 1. The molecule has 5 nitrogen and oxygen atoms in total. The number of hydrogen-bond acceptors (Lipinski definition) is 6. The lowest BCUT2D eigenvalue weighted by Crippen LogP contribution is -2.40. The van der Waals surface area contributed by atoms with E-state index in [0.717, 1.165) is 60.9 Å². The van der Waals surface area contributed by atoms with Crippen LogP contribution in [0, 0.1) is 0 Å². The fourth-order valence-electron chi connectivity index (χ4n) is 4.11. The van der Waals surface area contributed by atoms with Gasteiger partial charge in [-0.15, -0.1) is 23.1 Å². The maximum absolute atomic E-state index is 13.3. The number of anilines is 1. The van der Waals surface area contributed by atoms with Gasteiger partial charge < -0.3 is 14.4 Å². The molecule has 0 radical (unpaired) electrons. The Bertz CT molecular complexity index is 1100. The van der Waals surface area contributed by atoms with E-state index in [9.17, 15) is 4.79 Å². The Labute approximate surface area is 210 Å². The number of methoxy groups -OCH3 is 2. The number of benzene rings is 2. The third-order valence-corrected chi connectivity index (χ3v) is 8.42. The summed E-state index contributed by atoms with van der Waals surface area (Å²) < 4.78 is 12.0. The summed E-state index contributed by atoms with van der Waals surface area (Å²) in [4.78, 5) is 18.8. The maximum Gasteiger partial charge on any atom is 0.241 e. The maximum atomic E-state index is 13.3. The van der Waals surface area contributed by atoms with E-state index >= 15 is 0 Å². The van der Waals surface area contributed by atoms with Gasteiger partial charge in [-0.05, 0) is 49.2 Å². The first-order valence-electron chi connectivity index (χ1n) is 11.6. The average molecular weight is 497 g/mol. The Kier molecular flexibility index (Phi) is 8.53. The van der Waals surface area contributed by atoms with Crippen LogP contribution in [0.1, 0.15) is 22.4 Å². The average Bonchev–Trinajstić information content (AvgIpc) is 3.13. The number of ether oxygens (including phenoxy) is 2. The zero-order valence-corrected chi connectivity index (χ0v) is 21.7. The van der Waals surface area contributed by atoms with Gasteiger partial charge in [-0.1, -0.05) is 36.4 Å². The van der Waals surface area contributed by atoms with Crippen molar-refractivity contribution >= 4 is 34.7 Å². The molecule has 0 spiro atoms. The second-order valence-electron chi connectivity index (χ2n) is 8.47. The normalized spacial score (nSPS) is 13.5. The summed E-state index contributed by atoms with van der Waals surface area (Å²) in [5.74, 6) is 2.68. The van der Waals surface area contributed by atoms with Crippen LogP contribution in [0.25, 0.3) is 0 Å². The Hall–Kier alpha value is -2.48. The number of thioether (sulfide) groups is 1. The van der Waals surface area contributed by atoms with Crippen molar-refractivity contribution in [3.8, 4) is 11.5 Å². The number of amides is 1. The van der Waals surface area contributed by atoms with Gasteiger partial charge in [0, 0.05) is 30.1 Å². The van der Waals surface area contributed by atoms with Crippen LogP contribution in [0.2, 0.25) is 0 Å². The largest absolute Gasteiger partial charge is 0.493 e. The molecule has 34 heavy (non-hydrogen) atoms. The van der Waals surface area contributed by atoms with Gasteiger partial charge in [0.05, 0.1) is 30.7 Å². The Balaban J connectivity index is 1.39. The van der Waals surface area contributed by atoms with Crippen LogP contribution < -0.4 is 14.4 Å². The molecule has 2 heterocycles. The molecular formula is C27H32N2O3S2. The number of nitrogens with zero attached hydrogens (tertiary/aromatic N) is 2. The molecule has 3 aromatic rings. The summed E-state index contributed by atoms with van der Waals surface area (Å²) in [5, 5.41) is 0. The highest BCUT2D eigenvalue weighted by molar-refractivity contribution is 8.01. The first-order valence-corrected chi connectivity index (χ1v) is 13.4. The zero-order valence-electron chi connectivity index (χ0n) is 20.1. The molecule has 0 fully saturated rings. The lowest BCUT2D eigenvalue weighted by atomic mass is 10.1. The number of thiophene rings is 1. The highest BCUT2D eigenvalue weighted by atomic mass is 32.2. The number of carbonyl (C=O) groups is 1. The van der Waals surface area contributed by atoms with E-state index < -0.39 is 0 Å². The van der Waals surface area contributed by atoms with Gasteiger partial charge in [-0.3, -0.25) is 9.69 Å². The van der Waals surface area contributed by atoms with Crippen LogP contribution in [0.4, 0.5) is 5.69 Å². The smallest absolute Gasteiger partial charge is 0.241 e. The quantitative estimate of drug-likeness (QED) is 0.399. The Morgan fingerprint density at radius 2 is 1.82 bits per heavy atom. The monoisotopic (exact) mass is 496 g/mol. The van der Waals surface area contributed by atoms with E-state index in [4.69, 9.17) is 9.47 Å². The van der Waals surface area contributed by atoms with Crippen LogP contribution >= 0.6 is 23.1 Å². The van der Waals surface area contributed by atoms with Gasteiger partial charge in [0.15, 0.2) is 11.5 Å². The molecule has 2 aromatic carbocycles. The van der Waals surface area contributed by atoms with Gasteiger partial charge in [0.1, 0.15) is 0 Å². The van der Waals surface area contributed by atoms with Crippen molar-refractivity contribution in [3.05, 3.63) is 70.6 Å². The SMILES string of the molecule is COc1ccc(CCN(C)CC(=O)N2CCCSc3sc(Cc4ccccc4)cc32)cc1OC. The van der Waals surface area contributed by atoms with Crippen molar-refractivity contribution in [3.63, 3.8) is 0 Å². The molecule has 0 aliphatic carbocycles. The highest BCUT2D eigenvalue weighted by Crippen LogP contribution is 2.41. The van der Waals surface area contributed by atoms with Crippen molar-refractivity contribution in [1.82, 2.24) is 4.90 Å². The molecule has 0 bridgehead atoms. The molecule has 7 heteroatoms. The summed E-state index contributed by atoms with van der Waals surface area (Å²) in [5.41, 5.74) is 3.56. The van der Waals surface area contributed by atoms with E-state index in [1.54, 1.807) is 14.2 Å². The molecule has 180 valence electrons. The molecule has 1 amide bonds. The van der Waals surface area contributed by atoms with Gasteiger partial charge >= 0.3 is 0 Å². The summed E-state index contributed by atoms with van der Waals surface area (Å²) in [7, 11) is 5.30. The second kappa shape index (κ2) is 11.8. The number of likely N-dealkylation sites (N-methyl/N-ethyl adjacent to an activating group) is 1. The van der Waals surface area contributed by atoms with E-state index in [1.807, 2.05) is 53.2 Å². The summed E-state index contributed by atoms with van der Waals surface area (Å²) in [6, 6.07) is 18.7. The van der Waals surface area contributed by atoms with Crippen LogP contribution in [0.15, 0.2) is 58.8 Å². The van der Waals surface area contributed by atoms with Gasteiger partial charge in [0.2, 0.25) is 5.91 Å². The van der Waals surface area contributed by atoms with Crippen molar-refractivity contribution in [1.29, 1.82) is 0 Å². The number of carbonyl (C=O) groups excluding carboxylic acids is 1. The van der Waals surface area contributed by atoms with Crippen LogP contribution in [-0.4, -0.2) is 57.5 Å². The number of rotatable bonds is 9. The van der Waals surface area contributed by atoms with Crippen molar-refractivity contribution < 1.29 is 14.3 Å². The molecule has 0 atom stereocenters. The van der Waals surface area contributed by atoms with Gasteiger partial charge in [-0.25, -0.2) is 0 Å². The lowest BCUT2D eigenvalue weighted by molar-refractivity contribution is -0.119. The minimum Gasteiger partial charge on any atom is -0.493 e. The van der Waals surface area contributed by atoms with Crippen LogP contribution in [0.5, 0.6) is 11.5 Å². The molecule has 0 unspecified atom stereocenters. The van der Waals surface area contributed by atoms with E-state index in [1.165, 1.54) is 14.6 Å². The molecular weight excluding hydrogens is 464 g/mol. The predicted octanol–water partition coefficient (Wildman–Crippen LogP) is 5.36. The third kappa shape index (κ3) is 6.14. The summed E-state index contributed by atoms with van der Waals surface area (Å²) in [6.45, 7) is 1.98. The van der Waals surface area contributed by atoms with Crippen LogP contribution in [-0.2, 0) is 17.6 Å². The van der Waals surface area contributed by atoms with E-state index in [2.05, 4.69) is 41.3 Å². The molecule has 1 aromatic heterocycles. The van der Waals surface area contributed by atoms with Crippen molar-refractivity contribution in [2.45, 2.75) is 23.5 Å². The molecule has 1 aliphatic heterocycles. The first kappa shape index (κ1) is 24.6. The molecule has 0 saturated heterocycles. The summed E-state index contributed by atoms with van der Waals surface area (Å²) >= 11 is 3.71. The van der Waals surface area contributed by atoms with E-state index in [0.29, 0.717) is 6.54 Å². The highest BCUT2D eigenvalue weighted by Gasteiger charge is 2.25. The second-order valence-corrected chi connectivity index (χ2v) is 11.0. The van der Waals surface area contributed by atoms with E-state index in [-0.39, 0.29) is 5.91 Å². The zero-order chi connectivity index (χ0) is 23.9. The topological polar surface area (TPSA) is 42.0 Å². The number of hydrogen-bond donors (Lipinski definition) is 0. The third-order valence-electron chi connectivity index (χ3n) is 5.94. The molecule has 4 rings (SSSR count). The van der Waals surface area contributed by atoms with Gasteiger partial charge in [0.25, 0.3) is 0 Å². The Morgan fingerprint density at radius 1 is 1.03 bits per heavy atom. The first-order chi connectivity index (χ1) is 16.6. The van der Waals surface area contributed by atoms with Crippen LogP contribution in [0.3, 0.4) is 0 Å². The molecule has 0 N–H and O–H groups in total.